The fraction of sp³-hybridized carbons (Fsp3) is 0.769. The molecule has 1 aliphatic carbocycles. The molecule has 16 heavy (non-hydrogen) atoms. The Kier molecular flexibility index (Phi) is 3.99. The molecule has 0 bridgehead atoms. The van der Waals surface area contributed by atoms with Crippen LogP contribution in [0.1, 0.15) is 32.6 Å². The van der Waals surface area contributed by atoms with Crippen LogP contribution in [0.3, 0.4) is 0 Å². The van der Waals surface area contributed by atoms with Crippen LogP contribution < -0.4 is 5.32 Å². The van der Waals surface area contributed by atoms with Crippen LogP contribution in [-0.4, -0.2) is 36.5 Å². The molecular weight excluding hydrogens is 200 g/mol. The van der Waals surface area contributed by atoms with Crippen molar-refractivity contribution in [3.05, 3.63) is 12.2 Å². The molecule has 3 nitrogen and oxygen atoms in total. The molecule has 0 aromatic heterocycles. The van der Waals surface area contributed by atoms with E-state index in [1.54, 1.807) is 0 Å². The molecule has 90 valence electrons. The number of hydrogen-bond donors (Lipinski definition) is 1. The maximum atomic E-state index is 12.4. The van der Waals surface area contributed by atoms with E-state index in [0.717, 1.165) is 45.3 Å². The summed E-state index contributed by atoms with van der Waals surface area (Å²) < 4.78 is 0. The molecule has 1 heterocycles. The van der Waals surface area contributed by atoms with Crippen LogP contribution in [-0.2, 0) is 4.79 Å². The summed E-state index contributed by atoms with van der Waals surface area (Å²) in [6.45, 7) is 4.97. The number of nitrogens with one attached hydrogen (secondary N) is 1. The van der Waals surface area contributed by atoms with Crippen molar-refractivity contribution >= 4 is 5.91 Å². The Bertz CT molecular complexity index is 269. The number of rotatable bonds is 3. The highest BCUT2D eigenvalue weighted by Crippen LogP contribution is 2.22. The van der Waals surface area contributed by atoms with Gasteiger partial charge in [0.25, 0.3) is 0 Å². The van der Waals surface area contributed by atoms with E-state index in [0.29, 0.717) is 11.9 Å². The maximum Gasteiger partial charge on any atom is 0.226 e. The molecule has 2 unspecified atom stereocenters. The topological polar surface area (TPSA) is 32.3 Å². The molecule has 1 N–H and O–H groups in total. The summed E-state index contributed by atoms with van der Waals surface area (Å²) in [7, 11) is 0. The summed E-state index contributed by atoms with van der Waals surface area (Å²) in [5.41, 5.74) is 0. The zero-order chi connectivity index (χ0) is 11.4. The largest absolute Gasteiger partial charge is 0.338 e. The van der Waals surface area contributed by atoms with Gasteiger partial charge in [-0.3, -0.25) is 4.79 Å². The van der Waals surface area contributed by atoms with Gasteiger partial charge in [-0.15, -0.1) is 0 Å². The van der Waals surface area contributed by atoms with Crippen LogP contribution in [0, 0.1) is 5.92 Å². The maximum absolute atomic E-state index is 12.4. The van der Waals surface area contributed by atoms with E-state index in [4.69, 9.17) is 0 Å². The standard InChI is InChI=1S/C13H22N2O/c1-2-15(12-8-9-14-10-12)13(16)11-6-4-3-5-7-11/h3-4,11-12,14H,2,5-10H2,1H3. The van der Waals surface area contributed by atoms with Gasteiger partial charge in [0.2, 0.25) is 5.91 Å². The Balaban J connectivity index is 1.96. The molecule has 1 fully saturated rings. The first-order valence-corrected chi connectivity index (χ1v) is 6.49. The van der Waals surface area contributed by atoms with Crippen molar-refractivity contribution < 1.29 is 4.79 Å². The molecule has 0 aromatic carbocycles. The van der Waals surface area contributed by atoms with Crippen molar-refractivity contribution in [1.29, 1.82) is 0 Å². The van der Waals surface area contributed by atoms with Gasteiger partial charge in [0, 0.05) is 25.0 Å². The van der Waals surface area contributed by atoms with Crippen LogP contribution in [0.2, 0.25) is 0 Å². The predicted molar refractivity (Wildman–Crippen MR) is 65.1 cm³/mol. The van der Waals surface area contributed by atoms with Crippen molar-refractivity contribution in [1.82, 2.24) is 10.2 Å². The van der Waals surface area contributed by atoms with Gasteiger partial charge in [-0.25, -0.2) is 0 Å². The zero-order valence-corrected chi connectivity index (χ0v) is 10.1. The van der Waals surface area contributed by atoms with Crippen LogP contribution in [0.4, 0.5) is 0 Å². The highest BCUT2D eigenvalue weighted by Gasteiger charge is 2.29. The lowest BCUT2D eigenvalue weighted by Gasteiger charge is -2.31. The van der Waals surface area contributed by atoms with Gasteiger partial charge in [-0.2, -0.15) is 0 Å². The van der Waals surface area contributed by atoms with Gasteiger partial charge >= 0.3 is 0 Å². The van der Waals surface area contributed by atoms with Crippen molar-refractivity contribution in [2.75, 3.05) is 19.6 Å². The van der Waals surface area contributed by atoms with Gasteiger partial charge in [0.1, 0.15) is 0 Å². The van der Waals surface area contributed by atoms with Crippen molar-refractivity contribution in [2.24, 2.45) is 5.92 Å². The summed E-state index contributed by atoms with van der Waals surface area (Å²) in [6.07, 6.45) is 8.50. The Morgan fingerprint density at radius 2 is 2.31 bits per heavy atom. The summed E-state index contributed by atoms with van der Waals surface area (Å²) >= 11 is 0. The molecular formula is C13H22N2O. The minimum atomic E-state index is 0.241. The number of carbonyl (C=O) groups excluding carboxylic acids is 1. The third-order valence-electron chi connectivity index (χ3n) is 3.72. The van der Waals surface area contributed by atoms with Gasteiger partial charge in [0.15, 0.2) is 0 Å². The first-order chi connectivity index (χ1) is 7.83. The summed E-state index contributed by atoms with van der Waals surface area (Å²) in [6, 6.07) is 0.434. The number of amides is 1. The molecule has 0 spiro atoms. The number of nitrogens with zero attached hydrogens (tertiary/aromatic N) is 1. The second-order valence-corrected chi connectivity index (χ2v) is 4.75. The minimum Gasteiger partial charge on any atom is -0.338 e. The summed E-state index contributed by atoms with van der Waals surface area (Å²) in [4.78, 5) is 14.5. The van der Waals surface area contributed by atoms with Crippen molar-refractivity contribution in [2.45, 2.75) is 38.6 Å². The van der Waals surface area contributed by atoms with Crippen molar-refractivity contribution in [3.8, 4) is 0 Å². The van der Waals surface area contributed by atoms with Crippen LogP contribution in [0.15, 0.2) is 12.2 Å². The second-order valence-electron chi connectivity index (χ2n) is 4.75. The van der Waals surface area contributed by atoms with E-state index in [2.05, 4.69) is 29.3 Å². The number of likely N-dealkylation sites (N-methyl/N-ethyl adjacent to an activating group) is 1. The van der Waals surface area contributed by atoms with Gasteiger partial charge < -0.3 is 10.2 Å². The molecule has 1 saturated heterocycles. The average molecular weight is 222 g/mol. The monoisotopic (exact) mass is 222 g/mol. The van der Waals surface area contributed by atoms with Crippen LogP contribution >= 0.6 is 0 Å². The molecule has 2 aliphatic rings. The van der Waals surface area contributed by atoms with E-state index < -0.39 is 0 Å². The normalized spacial score (nSPS) is 29.3. The average Bonchev–Trinajstić information content (AvgIpc) is 2.85. The Hall–Kier alpha value is -0.830. The molecule has 2 rings (SSSR count). The fourth-order valence-electron chi connectivity index (χ4n) is 2.75. The van der Waals surface area contributed by atoms with Gasteiger partial charge in [0.05, 0.1) is 0 Å². The predicted octanol–water partition coefficient (Wildman–Crippen LogP) is 1.55. The number of carbonyl (C=O) groups is 1. The lowest BCUT2D eigenvalue weighted by molar-refractivity contribution is -0.137. The number of allylic oxidation sites excluding steroid dienone is 2. The van der Waals surface area contributed by atoms with E-state index in [-0.39, 0.29) is 5.92 Å². The lowest BCUT2D eigenvalue weighted by atomic mass is 9.92. The molecule has 3 heteroatoms. The quantitative estimate of drug-likeness (QED) is 0.735. The van der Waals surface area contributed by atoms with E-state index in [9.17, 15) is 4.79 Å². The van der Waals surface area contributed by atoms with E-state index in [1.807, 2.05) is 0 Å². The SMILES string of the molecule is CCN(C(=O)C1CC=CCC1)C1CCNC1. The first kappa shape index (κ1) is 11.6. The molecule has 1 aliphatic heterocycles. The molecule has 2 atom stereocenters. The molecule has 0 aromatic rings. The van der Waals surface area contributed by atoms with E-state index in [1.165, 1.54) is 0 Å². The fourth-order valence-corrected chi connectivity index (χ4v) is 2.75. The van der Waals surface area contributed by atoms with Crippen molar-refractivity contribution in [3.63, 3.8) is 0 Å². The molecule has 0 saturated carbocycles. The Morgan fingerprint density at radius 3 is 2.88 bits per heavy atom. The third-order valence-corrected chi connectivity index (χ3v) is 3.72. The Labute approximate surface area is 97.9 Å². The highest BCUT2D eigenvalue weighted by atomic mass is 16.2. The smallest absolute Gasteiger partial charge is 0.226 e. The zero-order valence-electron chi connectivity index (χ0n) is 10.1. The summed E-state index contributed by atoms with van der Waals surface area (Å²) in [5.74, 6) is 0.617. The van der Waals surface area contributed by atoms with Crippen LogP contribution in [0.5, 0.6) is 0 Å². The molecule has 0 radical (unpaired) electrons. The van der Waals surface area contributed by atoms with Gasteiger partial charge in [-0.05, 0) is 39.2 Å². The van der Waals surface area contributed by atoms with Crippen LogP contribution in [0.25, 0.3) is 0 Å². The van der Waals surface area contributed by atoms with E-state index >= 15 is 0 Å². The number of hydrogen-bond acceptors (Lipinski definition) is 2. The third kappa shape index (κ3) is 2.46. The highest BCUT2D eigenvalue weighted by molar-refractivity contribution is 5.79. The van der Waals surface area contributed by atoms with Gasteiger partial charge in [-0.1, -0.05) is 12.2 Å². The summed E-state index contributed by atoms with van der Waals surface area (Å²) in [5, 5.41) is 3.34. The lowest BCUT2D eigenvalue weighted by Crippen LogP contribution is -2.44. The molecule has 1 amide bonds. The first-order valence-electron chi connectivity index (χ1n) is 6.49. The Morgan fingerprint density at radius 1 is 1.44 bits per heavy atom. The second kappa shape index (κ2) is 5.48. The minimum absolute atomic E-state index is 0.241.